The third kappa shape index (κ3) is 5.58. The number of nitriles is 1. The van der Waals surface area contributed by atoms with Crippen molar-refractivity contribution in [3.05, 3.63) is 29.3 Å². The minimum atomic E-state index is -0.909. The highest BCUT2D eigenvalue weighted by molar-refractivity contribution is 7.94. The molecule has 2 bridgehead atoms. The SMILES string of the molecule is CNOOSc1ccc2c(c1)CC[C@H]2N1C(=O)[C@@H]2C[C@H]1CN2C[C@H](NC(=O)OC(C)(C)C)C(=O)N1[C@H](C#N)C[C@@H]2C[C@@H]21. The van der Waals surface area contributed by atoms with Gasteiger partial charge in [0.1, 0.15) is 17.7 Å². The van der Waals surface area contributed by atoms with E-state index in [0.29, 0.717) is 25.3 Å². The zero-order chi connectivity index (χ0) is 29.8. The lowest BCUT2D eigenvalue weighted by molar-refractivity contribution is -0.237. The van der Waals surface area contributed by atoms with E-state index in [1.807, 2.05) is 15.9 Å². The zero-order valence-corrected chi connectivity index (χ0v) is 25.2. The molecule has 0 spiro atoms. The summed E-state index contributed by atoms with van der Waals surface area (Å²) in [4.78, 5) is 51.8. The molecule has 4 fully saturated rings. The summed E-state index contributed by atoms with van der Waals surface area (Å²) in [5, 5.41) is 12.5. The molecule has 2 aliphatic carbocycles. The van der Waals surface area contributed by atoms with Gasteiger partial charge in [0.05, 0.1) is 30.2 Å². The van der Waals surface area contributed by atoms with E-state index in [1.54, 1.807) is 32.7 Å². The van der Waals surface area contributed by atoms with Crippen LogP contribution in [0.5, 0.6) is 0 Å². The van der Waals surface area contributed by atoms with Crippen LogP contribution < -0.4 is 10.8 Å². The standard InChI is InChI=1S/C29H38N6O6S/c1-29(2,3)39-28(38)32-22(26(36)34-18(13-30)9-17-11-24(17)34)15-33-14-19-12-25(33)27(37)35(19)23-8-5-16-10-20(6-7-21(16)23)42-41-40-31-4/h6-7,10,17-19,22-25,31H,5,8-9,11-12,14-15H2,1-4H3,(H,32,38)/t17-,18+,19+,22+,23-,24+,25+/m1/s1. The Morgan fingerprint density at radius 3 is 2.74 bits per heavy atom. The minimum Gasteiger partial charge on any atom is -0.444 e. The van der Waals surface area contributed by atoms with Crippen molar-refractivity contribution in [1.29, 1.82) is 5.26 Å². The smallest absolute Gasteiger partial charge is 0.408 e. The molecule has 6 rings (SSSR count). The lowest BCUT2D eigenvalue weighted by Gasteiger charge is -2.39. The molecular weight excluding hydrogens is 560 g/mol. The molecule has 0 radical (unpaired) electrons. The summed E-state index contributed by atoms with van der Waals surface area (Å²) < 4.78 is 10.5. The number of nitrogens with zero attached hydrogens (tertiary/aromatic N) is 4. The minimum absolute atomic E-state index is 0.0169. The average Bonchev–Trinajstić information content (AvgIpc) is 3.26. The van der Waals surface area contributed by atoms with Crippen LogP contribution in [0.25, 0.3) is 0 Å². The van der Waals surface area contributed by atoms with Crippen LogP contribution >= 0.6 is 12.0 Å². The molecule has 0 unspecified atom stereocenters. The number of ether oxygens (including phenoxy) is 1. The summed E-state index contributed by atoms with van der Waals surface area (Å²) in [6, 6.07) is 6.75. The number of amides is 3. The van der Waals surface area contributed by atoms with E-state index in [1.165, 1.54) is 5.56 Å². The van der Waals surface area contributed by atoms with E-state index in [-0.39, 0.29) is 42.5 Å². The van der Waals surface area contributed by atoms with Crippen molar-refractivity contribution in [1.82, 2.24) is 25.5 Å². The Balaban J connectivity index is 1.14. The van der Waals surface area contributed by atoms with Gasteiger partial charge in [0.25, 0.3) is 0 Å². The number of alkyl carbamates (subject to hydrolysis) is 1. The maximum atomic E-state index is 13.8. The molecule has 3 aliphatic heterocycles. The van der Waals surface area contributed by atoms with Gasteiger partial charge >= 0.3 is 6.09 Å². The number of fused-ring (bicyclic) bond motifs is 4. The molecular formula is C29H38N6O6S. The molecule has 42 heavy (non-hydrogen) atoms. The zero-order valence-electron chi connectivity index (χ0n) is 24.4. The Hall–Kier alpha value is -2.89. The van der Waals surface area contributed by atoms with Crippen molar-refractivity contribution in [2.24, 2.45) is 5.92 Å². The van der Waals surface area contributed by atoms with Crippen LogP contribution in [-0.2, 0) is 30.1 Å². The van der Waals surface area contributed by atoms with E-state index >= 15 is 0 Å². The summed E-state index contributed by atoms with van der Waals surface area (Å²) in [5.74, 6) is 0.152. The molecule has 12 nitrogen and oxygen atoms in total. The van der Waals surface area contributed by atoms with Crippen molar-refractivity contribution in [2.45, 2.75) is 99.6 Å². The fraction of sp³-hybridized carbons (Fsp3) is 0.655. The summed E-state index contributed by atoms with van der Waals surface area (Å²) in [6.07, 6.45) is 3.32. The van der Waals surface area contributed by atoms with Crippen LogP contribution in [-0.4, -0.2) is 88.6 Å². The molecule has 0 aromatic heterocycles. The van der Waals surface area contributed by atoms with Crippen molar-refractivity contribution in [3.8, 4) is 6.07 Å². The molecule has 7 atom stereocenters. The highest BCUT2D eigenvalue weighted by Crippen LogP contribution is 2.48. The van der Waals surface area contributed by atoms with E-state index in [2.05, 4.69) is 29.0 Å². The normalized spacial score (nSPS) is 30.2. The third-order valence-electron chi connectivity index (χ3n) is 8.97. The Morgan fingerprint density at radius 2 is 2.02 bits per heavy atom. The fourth-order valence-corrected chi connectivity index (χ4v) is 7.74. The van der Waals surface area contributed by atoms with Gasteiger partial charge in [-0.2, -0.15) is 10.7 Å². The molecule has 3 saturated heterocycles. The first-order valence-electron chi connectivity index (χ1n) is 14.6. The van der Waals surface area contributed by atoms with Crippen molar-refractivity contribution < 1.29 is 28.4 Å². The number of nitrogens with one attached hydrogen (secondary N) is 2. The fourth-order valence-electron chi connectivity index (χ4n) is 7.24. The van der Waals surface area contributed by atoms with Gasteiger partial charge in [-0.25, -0.2) is 4.79 Å². The van der Waals surface area contributed by atoms with Crippen molar-refractivity contribution >= 4 is 30.0 Å². The number of aryl methyl sites for hydroxylation is 1. The highest BCUT2D eigenvalue weighted by Gasteiger charge is 2.57. The lowest BCUT2D eigenvalue weighted by Crippen LogP contribution is -2.59. The molecule has 5 aliphatic rings. The Morgan fingerprint density at radius 1 is 1.21 bits per heavy atom. The van der Waals surface area contributed by atoms with Gasteiger partial charge in [-0.3, -0.25) is 14.5 Å². The van der Waals surface area contributed by atoms with Gasteiger partial charge in [0.2, 0.25) is 11.8 Å². The van der Waals surface area contributed by atoms with Gasteiger partial charge in [0.15, 0.2) is 0 Å². The summed E-state index contributed by atoms with van der Waals surface area (Å²) in [5.41, 5.74) is 4.10. The molecule has 1 aromatic rings. The number of piperidine rings is 1. The van der Waals surface area contributed by atoms with Crippen LogP contribution in [0.15, 0.2) is 23.1 Å². The van der Waals surface area contributed by atoms with Gasteiger partial charge in [-0.15, -0.1) is 9.32 Å². The molecule has 2 N–H and O–H groups in total. The average molecular weight is 599 g/mol. The third-order valence-corrected chi connectivity index (χ3v) is 9.55. The maximum Gasteiger partial charge on any atom is 0.408 e. The largest absolute Gasteiger partial charge is 0.444 e. The maximum absolute atomic E-state index is 13.8. The van der Waals surface area contributed by atoms with Gasteiger partial charge < -0.3 is 19.9 Å². The van der Waals surface area contributed by atoms with Crippen LogP contribution in [0.1, 0.15) is 63.6 Å². The predicted molar refractivity (Wildman–Crippen MR) is 151 cm³/mol. The van der Waals surface area contributed by atoms with Crippen LogP contribution in [0.3, 0.4) is 0 Å². The number of benzene rings is 1. The molecule has 1 aromatic carbocycles. The monoisotopic (exact) mass is 598 g/mol. The van der Waals surface area contributed by atoms with Crippen LogP contribution in [0, 0.1) is 17.2 Å². The van der Waals surface area contributed by atoms with Gasteiger partial charge in [-0.1, -0.05) is 6.07 Å². The number of hydrogen-bond donors (Lipinski definition) is 2. The van der Waals surface area contributed by atoms with Crippen LogP contribution in [0.2, 0.25) is 0 Å². The molecule has 226 valence electrons. The van der Waals surface area contributed by atoms with Crippen LogP contribution in [0.4, 0.5) is 4.79 Å². The van der Waals surface area contributed by atoms with E-state index in [4.69, 9.17) is 14.1 Å². The van der Waals surface area contributed by atoms with Gasteiger partial charge in [-0.05, 0) is 82.1 Å². The van der Waals surface area contributed by atoms with Crippen molar-refractivity contribution in [2.75, 3.05) is 20.1 Å². The first kappa shape index (κ1) is 29.2. The predicted octanol–water partition coefficient (Wildman–Crippen LogP) is 2.45. The van der Waals surface area contributed by atoms with E-state index in [9.17, 15) is 19.6 Å². The number of rotatable bonds is 9. The van der Waals surface area contributed by atoms with Crippen molar-refractivity contribution in [3.63, 3.8) is 0 Å². The highest BCUT2D eigenvalue weighted by atomic mass is 32.2. The molecule has 1 saturated carbocycles. The van der Waals surface area contributed by atoms with E-state index < -0.39 is 23.8 Å². The summed E-state index contributed by atoms with van der Waals surface area (Å²) >= 11 is 1.13. The summed E-state index contributed by atoms with van der Waals surface area (Å²) in [6.45, 7) is 6.12. The second-order valence-electron chi connectivity index (χ2n) is 12.8. The first-order valence-corrected chi connectivity index (χ1v) is 15.4. The Bertz CT molecular complexity index is 1300. The summed E-state index contributed by atoms with van der Waals surface area (Å²) in [7, 11) is 1.62. The number of hydrogen-bond acceptors (Lipinski definition) is 10. The molecule has 3 heterocycles. The topological polar surface area (TPSA) is 136 Å². The number of carbonyl (C=O) groups excluding carboxylic acids is 3. The number of piperazine rings is 1. The second-order valence-corrected chi connectivity index (χ2v) is 13.6. The Labute approximate surface area is 250 Å². The number of hydroxylamine groups is 1. The van der Waals surface area contributed by atoms with Gasteiger partial charge in [0, 0.05) is 37.1 Å². The number of carbonyl (C=O) groups is 3. The second kappa shape index (κ2) is 11.3. The first-order chi connectivity index (χ1) is 20.1. The molecule has 3 amide bonds. The Kier molecular flexibility index (Phi) is 7.86. The number of likely N-dealkylation sites (tertiary alicyclic amines) is 3. The lowest BCUT2D eigenvalue weighted by atomic mass is 10.1. The van der Waals surface area contributed by atoms with E-state index in [0.717, 1.165) is 41.8 Å². The quantitative estimate of drug-likeness (QED) is 0.189. The molecule has 13 heteroatoms.